The third kappa shape index (κ3) is 2.64. The van der Waals surface area contributed by atoms with Gasteiger partial charge in [-0.2, -0.15) is 0 Å². The molecular weight excluding hydrogens is 221 g/mol. The van der Waals surface area contributed by atoms with Crippen molar-refractivity contribution in [2.24, 2.45) is 0 Å². The van der Waals surface area contributed by atoms with Gasteiger partial charge in [0.25, 0.3) is 5.91 Å². The van der Waals surface area contributed by atoms with Crippen molar-refractivity contribution in [2.75, 3.05) is 0 Å². The highest BCUT2D eigenvalue weighted by molar-refractivity contribution is 5.85. The van der Waals surface area contributed by atoms with E-state index >= 15 is 0 Å². The molecule has 17 heavy (non-hydrogen) atoms. The van der Waals surface area contributed by atoms with Gasteiger partial charge in [0.2, 0.25) is 0 Å². The largest absolute Gasteiger partial charge is 0.380 e. The maximum atomic E-state index is 13.3. The molecule has 0 atom stereocenters. The van der Waals surface area contributed by atoms with E-state index in [0.717, 1.165) is 12.8 Å². The molecular formula is C13H16FNO2. The Bertz CT molecular complexity index is 414. The van der Waals surface area contributed by atoms with Crippen LogP contribution < -0.4 is 5.32 Å². The van der Waals surface area contributed by atoms with Gasteiger partial charge in [0.15, 0.2) is 0 Å². The molecule has 2 rings (SSSR count). The lowest BCUT2D eigenvalue weighted by molar-refractivity contribution is -0.139. The Morgan fingerprint density at radius 2 is 2.00 bits per heavy atom. The number of carbonyl (C=O) groups excluding carboxylic acids is 1. The first-order valence-corrected chi connectivity index (χ1v) is 5.86. The Morgan fingerprint density at radius 3 is 2.65 bits per heavy atom. The zero-order chi connectivity index (χ0) is 12.3. The predicted octanol–water partition coefficient (Wildman–Crippen LogP) is 1.75. The smallest absolute Gasteiger partial charge is 0.252 e. The fourth-order valence-electron chi connectivity index (χ4n) is 2.17. The second-order valence-corrected chi connectivity index (χ2v) is 4.51. The molecule has 4 heteroatoms. The highest BCUT2D eigenvalue weighted by atomic mass is 19.1. The van der Waals surface area contributed by atoms with Crippen molar-refractivity contribution >= 4 is 5.91 Å². The molecule has 0 radical (unpaired) electrons. The monoisotopic (exact) mass is 237 g/mol. The van der Waals surface area contributed by atoms with Gasteiger partial charge in [0.05, 0.1) is 0 Å². The van der Waals surface area contributed by atoms with E-state index in [2.05, 4.69) is 5.32 Å². The second-order valence-electron chi connectivity index (χ2n) is 4.51. The van der Waals surface area contributed by atoms with E-state index < -0.39 is 11.5 Å². The Morgan fingerprint density at radius 1 is 1.35 bits per heavy atom. The van der Waals surface area contributed by atoms with Crippen LogP contribution in [0.5, 0.6) is 0 Å². The minimum atomic E-state index is -1.24. The van der Waals surface area contributed by atoms with Gasteiger partial charge < -0.3 is 10.4 Å². The molecule has 0 bridgehead atoms. The molecule has 1 amide bonds. The number of benzene rings is 1. The zero-order valence-electron chi connectivity index (χ0n) is 9.58. The van der Waals surface area contributed by atoms with Crippen molar-refractivity contribution in [2.45, 2.75) is 37.8 Å². The summed E-state index contributed by atoms with van der Waals surface area (Å²) < 4.78 is 13.3. The van der Waals surface area contributed by atoms with E-state index in [-0.39, 0.29) is 12.4 Å². The van der Waals surface area contributed by atoms with Gasteiger partial charge >= 0.3 is 0 Å². The maximum absolute atomic E-state index is 13.3. The third-order valence-corrected chi connectivity index (χ3v) is 3.25. The van der Waals surface area contributed by atoms with Gasteiger partial charge in [-0.25, -0.2) is 4.39 Å². The van der Waals surface area contributed by atoms with Crippen molar-refractivity contribution in [3.63, 3.8) is 0 Å². The molecule has 1 aliphatic rings. The highest BCUT2D eigenvalue weighted by Crippen LogP contribution is 2.29. The van der Waals surface area contributed by atoms with Gasteiger partial charge in [-0.1, -0.05) is 18.2 Å². The van der Waals surface area contributed by atoms with Gasteiger partial charge in [-0.15, -0.1) is 0 Å². The molecule has 0 aromatic heterocycles. The second kappa shape index (κ2) is 4.84. The van der Waals surface area contributed by atoms with Crippen LogP contribution in [0.4, 0.5) is 4.39 Å². The van der Waals surface area contributed by atoms with Crippen molar-refractivity contribution in [3.05, 3.63) is 35.6 Å². The molecule has 3 nitrogen and oxygen atoms in total. The quantitative estimate of drug-likeness (QED) is 0.841. The van der Waals surface area contributed by atoms with E-state index in [4.69, 9.17) is 0 Å². The standard InChI is InChI=1S/C13H16FNO2/c14-11-6-2-1-5-10(11)9-15-12(16)13(17)7-3-4-8-13/h1-2,5-6,17H,3-4,7-9H2,(H,15,16). The van der Waals surface area contributed by atoms with Crippen LogP contribution >= 0.6 is 0 Å². The Balaban J connectivity index is 1.94. The normalized spacial score (nSPS) is 18.0. The first-order chi connectivity index (χ1) is 8.12. The van der Waals surface area contributed by atoms with Crippen LogP contribution in [0.1, 0.15) is 31.2 Å². The van der Waals surface area contributed by atoms with E-state index in [1.807, 2.05) is 0 Å². The Labute approximate surface area is 99.7 Å². The first kappa shape index (κ1) is 12.0. The zero-order valence-corrected chi connectivity index (χ0v) is 9.58. The van der Waals surface area contributed by atoms with E-state index in [1.165, 1.54) is 6.07 Å². The van der Waals surface area contributed by atoms with E-state index in [9.17, 15) is 14.3 Å². The van der Waals surface area contributed by atoms with Gasteiger partial charge in [-0.3, -0.25) is 4.79 Å². The van der Waals surface area contributed by atoms with Gasteiger partial charge in [0.1, 0.15) is 11.4 Å². The predicted molar refractivity (Wildman–Crippen MR) is 61.7 cm³/mol. The molecule has 1 aliphatic carbocycles. The summed E-state index contributed by atoms with van der Waals surface area (Å²) >= 11 is 0. The summed E-state index contributed by atoms with van der Waals surface area (Å²) in [6.45, 7) is 0.119. The summed E-state index contributed by atoms with van der Waals surface area (Å²) in [5, 5.41) is 12.6. The molecule has 92 valence electrons. The minimum Gasteiger partial charge on any atom is -0.380 e. The molecule has 2 N–H and O–H groups in total. The average Bonchev–Trinajstić information content (AvgIpc) is 2.76. The molecule has 1 fully saturated rings. The number of amides is 1. The summed E-state index contributed by atoms with van der Waals surface area (Å²) in [6.07, 6.45) is 2.72. The van der Waals surface area contributed by atoms with Crippen LogP contribution in [-0.2, 0) is 11.3 Å². The molecule has 0 aliphatic heterocycles. The third-order valence-electron chi connectivity index (χ3n) is 3.25. The number of hydrogen-bond donors (Lipinski definition) is 2. The van der Waals surface area contributed by atoms with Gasteiger partial charge in [0, 0.05) is 12.1 Å². The fourth-order valence-corrected chi connectivity index (χ4v) is 2.17. The summed E-state index contributed by atoms with van der Waals surface area (Å²) in [4.78, 5) is 11.8. The lowest BCUT2D eigenvalue weighted by Crippen LogP contribution is -2.44. The molecule has 0 heterocycles. The van der Waals surface area contributed by atoms with Crippen LogP contribution in [-0.4, -0.2) is 16.6 Å². The van der Waals surface area contributed by atoms with Crippen LogP contribution in [0.3, 0.4) is 0 Å². The lowest BCUT2D eigenvalue weighted by Gasteiger charge is -2.20. The van der Waals surface area contributed by atoms with Crippen molar-refractivity contribution in [1.82, 2.24) is 5.32 Å². The number of hydrogen-bond acceptors (Lipinski definition) is 2. The highest BCUT2D eigenvalue weighted by Gasteiger charge is 2.38. The average molecular weight is 237 g/mol. The number of nitrogens with one attached hydrogen (secondary N) is 1. The van der Waals surface area contributed by atoms with Crippen LogP contribution in [0, 0.1) is 5.82 Å². The van der Waals surface area contributed by atoms with Crippen molar-refractivity contribution in [3.8, 4) is 0 Å². The van der Waals surface area contributed by atoms with Crippen LogP contribution in [0.15, 0.2) is 24.3 Å². The van der Waals surface area contributed by atoms with Crippen molar-refractivity contribution < 1.29 is 14.3 Å². The van der Waals surface area contributed by atoms with Gasteiger partial charge in [-0.05, 0) is 31.7 Å². The summed E-state index contributed by atoms with van der Waals surface area (Å²) in [7, 11) is 0. The lowest BCUT2D eigenvalue weighted by atomic mass is 10.0. The molecule has 0 saturated heterocycles. The van der Waals surface area contributed by atoms with Crippen molar-refractivity contribution in [1.29, 1.82) is 0 Å². The maximum Gasteiger partial charge on any atom is 0.252 e. The molecule has 1 aromatic carbocycles. The summed E-state index contributed by atoms with van der Waals surface area (Å²) in [6, 6.07) is 6.29. The summed E-state index contributed by atoms with van der Waals surface area (Å²) in [5.41, 5.74) is -0.812. The molecule has 1 saturated carbocycles. The Kier molecular flexibility index (Phi) is 3.43. The summed E-state index contributed by atoms with van der Waals surface area (Å²) in [5.74, 6) is -0.732. The number of halogens is 1. The first-order valence-electron chi connectivity index (χ1n) is 5.86. The Hall–Kier alpha value is -1.42. The molecule has 0 spiro atoms. The topological polar surface area (TPSA) is 49.3 Å². The minimum absolute atomic E-state index is 0.119. The van der Waals surface area contributed by atoms with Crippen LogP contribution in [0.2, 0.25) is 0 Å². The number of aliphatic hydroxyl groups is 1. The fraction of sp³-hybridized carbons (Fsp3) is 0.462. The molecule has 1 aromatic rings. The van der Waals surface area contributed by atoms with Crippen LogP contribution in [0.25, 0.3) is 0 Å². The van der Waals surface area contributed by atoms with E-state index in [0.29, 0.717) is 18.4 Å². The SMILES string of the molecule is O=C(NCc1ccccc1F)C1(O)CCCC1. The number of carbonyl (C=O) groups is 1. The molecule has 0 unspecified atom stereocenters. The number of rotatable bonds is 3. The van der Waals surface area contributed by atoms with E-state index in [1.54, 1.807) is 18.2 Å².